The summed E-state index contributed by atoms with van der Waals surface area (Å²) >= 11 is 12.9. The highest BCUT2D eigenvalue weighted by Crippen LogP contribution is 2.37. The second-order valence-electron chi connectivity index (χ2n) is 11.9. The van der Waals surface area contributed by atoms with Gasteiger partial charge in [-0.1, -0.05) is 41.4 Å². The van der Waals surface area contributed by atoms with Gasteiger partial charge in [0, 0.05) is 38.2 Å². The van der Waals surface area contributed by atoms with E-state index in [1.807, 2.05) is 0 Å². The van der Waals surface area contributed by atoms with Crippen LogP contribution in [0.4, 0.5) is 8.78 Å². The van der Waals surface area contributed by atoms with Gasteiger partial charge in [-0.15, -0.1) is 0 Å². The Morgan fingerprint density at radius 2 is 1.70 bits per heavy atom. The maximum atomic E-state index is 13.8. The van der Waals surface area contributed by atoms with Gasteiger partial charge in [-0.25, -0.2) is 14.3 Å². The molecule has 1 atom stereocenters. The molecule has 0 bridgehead atoms. The number of aromatic amines is 1. The first-order valence-corrected chi connectivity index (χ1v) is 16.7. The van der Waals surface area contributed by atoms with Crippen LogP contribution < -0.4 is 25.7 Å². The Balaban J connectivity index is 0.00000486. The highest BCUT2D eigenvalue weighted by atomic mass is 35.5. The van der Waals surface area contributed by atoms with Gasteiger partial charge in [-0.2, -0.15) is 8.78 Å². The predicted octanol–water partition coefficient (Wildman–Crippen LogP) is 4.36. The third kappa shape index (κ3) is 8.98. The zero-order valence-electron chi connectivity index (χ0n) is 26.9. The molecule has 12 nitrogen and oxygen atoms in total. The number of para-hydroxylation sites is 1. The number of alkyl halides is 2. The topological polar surface area (TPSA) is 145 Å². The Morgan fingerprint density at radius 3 is 2.40 bits per heavy atom. The number of halogens is 4. The van der Waals surface area contributed by atoms with Crippen molar-refractivity contribution in [2.75, 3.05) is 39.5 Å². The van der Waals surface area contributed by atoms with E-state index in [2.05, 4.69) is 14.6 Å². The quantitative estimate of drug-likeness (QED) is 0.173. The molecular weight excluding hydrogens is 701 g/mol. The van der Waals surface area contributed by atoms with Gasteiger partial charge in [0.05, 0.1) is 30.7 Å². The van der Waals surface area contributed by atoms with E-state index in [4.69, 9.17) is 37.4 Å². The van der Waals surface area contributed by atoms with Crippen LogP contribution in [0.2, 0.25) is 10.0 Å². The minimum Gasteiger partial charge on any atom is -0.870 e. The predicted molar refractivity (Wildman–Crippen MR) is 179 cm³/mol. The Morgan fingerprint density at radius 1 is 0.980 bits per heavy atom. The molecule has 2 aromatic carbocycles. The number of hydrogen-bond acceptors (Lipinski definition) is 9. The van der Waals surface area contributed by atoms with Gasteiger partial charge in [0.1, 0.15) is 22.7 Å². The van der Waals surface area contributed by atoms with Gasteiger partial charge < -0.3 is 24.4 Å². The number of aromatic nitrogens is 3. The van der Waals surface area contributed by atoms with Gasteiger partial charge >= 0.3 is 18.3 Å². The number of carbonyl (C=O) groups excluding carboxylic acids is 1. The number of nitrogens with zero attached hydrogens (tertiary/aromatic N) is 3. The van der Waals surface area contributed by atoms with E-state index in [0.29, 0.717) is 48.9 Å². The summed E-state index contributed by atoms with van der Waals surface area (Å²) in [5.41, 5.74) is -0.00980. The number of benzene rings is 2. The van der Waals surface area contributed by atoms with Crippen LogP contribution in [0.5, 0.6) is 11.5 Å². The molecule has 2 fully saturated rings. The minimum absolute atomic E-state index is 0. The van der Waals surface area contributed by atoms with Crippen LogP contribution in [-0.2, 0) is 33.8 Å². The number of morpholine rings is 1. The van der Waals surface area contributed by atoms with Crippen molar-refractivity contribution in [1.82, 2.24) is 14.0 Å². The summed E-state index contributed by atoms with van der Waals surface area (Å²) < 4.78 is 50.7. The number of esters is 1. The molecule has 1 saturated heterocycles. The lowest BCUT2D eigenvalue weighted by atomic mass is 10.0. The molecule has 4 aromatic rings. The maximum Gasteiger partial charge on any atom is 0.387 e. The summed E-state index contributed by atoms with van der Waals surface area (Å²) in [6.45, 7) is -0.00179. The van der Waals surface area contributed by atoms with Gasteiger partial charge in [-0.05, 0) is 48.6 Å². The van der Waals surface area contributed by atoms with Crippen molar-refractivity contribution in [3.05, 3.63) is 96.9 Å². The summed E-state index contributed by atoms with van der Waals surface area (Å²) in [4.78, 5) is 46.0. The third-order valence-corrected chi connectivity index (χ3v) is 9.22. The molecule has 0 amide bonds. The van der Waals surface area contributed by atoms with Crippen molar-refractivity contribution < 1.29 is 43.0 Å². The fraction of sp³-hybridized carbons (Fsp3) is 0.412. The zero-order chi connectivity index (χ0) is 34.5. The summed E-state index contributed by atoms with van der Waals surface area (Å²) in [7, 11) is 0. The molecule has 6 rings (SSSR count). The number of H-pyrrole nitrogens is 1. The molecule has 0 spiro atoms. The molecule has 3 heterocycles. The highest BCUT2D eigenvalue weighted by Gasteiger charge is 2.27. The number of nitrogens with one attached hydrogen (secondary N) is 1. The molecule has 16 heteroatoms. The van der Waals surface area contributed by atoms with Crippen molar-refractivity contribution in [2.45, 2.75) is 45.1 Å². The summed E-state index contributed by atoms with van der Waals surface area (Å²) in [5, 5.41) is 0.815. The van der Waals surface area contributed by atoms with E-state index >= 15 is 0 Å². The lowest BCUT2D eigenvalue weighted by Crippen LogP contribution is -2.44. The van der Waals surface area contributed by atoms with Crippen LogP contribution >= 0.6 is 23.2 Å². The van der Waals surface area contributed by atoms with Crippen molar-refractivity contribution in [3.63, 3.8) is 0 Å². The zero-order valence-corrected chi connectivity index (χ0v) is 28.4. The Hall–Kier alpha value is -4.08. The van der Waals surface area contributed by atoms with E-state index in [0.717, 1.165) is 30.5 Å². The lowest BCUT2D eigenvalue weighted by Gasteiger charge is -2.27. The van der Waals surface area contributed by atoms with E-state index in [1.54, 1.807) is 24.3 Å². The van der Waals surface area contributed by atoms with Crippen molar-refractivity contribution >= 4 is 40.1 Å². The molecule has 0 radical (unpaired) electrons. The van der Waals surface area contributed by atoms with Crippen molar-refractivity contribution in [1.29, 1.82) is 0 Å². The smallest absolute Gasteiger partial charge is 0.387 e. The Bertz CT molecular complexity index is 1910. The fourth-order valence-corrected chi connectivity index (χ4v) is 6.26. The summed E-state index contributed by atoms with van der Waals surface area (Å²) in [6.07, 6.45) is 3.87. The van der Waals surface area contributed by atoms with E-state index in [9.17, 15) is 23.2 Å². The number of carbonyl (C=O) groups is 1. The molecule has 268 valence electrons. The largest absolute Gasteiger partial charge is 0.870 e. The first kappa shape index (κ1) is 37.2. The lowest BCUT2D eigenvalue weighted by molar-refractivity contribution is -0.377. The molecule has 1 aliphatic carbocycles. The number of pyridine rings is 1. The monoisotopic (exact) mass is 736 g/mol. The standard InChI is InChI=1S/C34H34Cl2F2N4O7.H2O/c35-25-17-39-18-26(36)24(25)16-29(22-7-8-28(49-33(37)38)30(15-22)47-20-21-5-6-21)48-31(43)19-42-32(44)23-3-1-2-4-27(23)41(34(42)45)10-9-40-11-13-46-14-12-40;/h1-4,7-8,15,17-18,21,29,33H,5-6,9-14,16,19-20H2;1H2/t29-;/m0./s1. The molecule has 0 unspecified atom stereocenters. The van der Waals surface area contributed by atoms with E-state index < -0.39 is 36.5 Å². The first-order valence-electron chi connectivity index (χ1n) is 16.0. The number of ether oxygens (including phenoxy) is 4. The first-order chi connectivity index (χ1) is 23.7. The Labute approximate surface area is 295 Å². The second kappa shape index (κ2) is 16.8. The number of fused-ring (bicyclic) bond motifs is 1. The summed E-state index contributed by atoms with van der Waals surface area (Å²) in [6, 6.07) is 11.0. The second-order valence-corrected chi connectivity index (χ2v) is 12.8. The number of rotatable bonds is 14. The third-order valence-electron chi connectivity index (χ3n) is 8.55. The van der Waals surface area contributed by atoms with Crippen molar-refractivity contribution in [2.24, 2.45) is 5.92 Å². The highest BCUT2D eigenvalue weighted by molar-refractivity contribution is 6.35. The average Bonchev–Trinajstić information content (AvgIpc) is 3.92. The van der Waals surface area contributed by atoms with Crippen LogP contribution in [0.1, 0.15) is 30.1 Å². The van der Waals surface area contributed by atoms with Gasteiger partial charge in [-0.3, -0.25) is 19.1 Å². The molecule has 50 heavy (non-hydrogen) atoms. The molecule has 2 N–H and O–H groups in total. The molecule has 1 saturated carbocycles. The van der Waals surface area contributed by atoms with Gasteiger partial charge in [0.15, 0.2) is 23.9 Å². The van der Waals surface area contributed by atoms with E-state index in [1.165, 1.54) is 35.2 Å². The van der Waals surface area contributed by atoms with Crippen LogP contribution in [0.3, 0.4) is 0 Å². The van der Waals surface area contributed by atoms with Gasteiger partial charge in [0.25, 0.3) is 5.56 Å². The molecule has 1 aliphatic heterocycles. The molecule has 2 aromatic heterocycles. The van der Waals surface area contributed by atoms with Crippen LogP contribution in [-0.4, -0.2) is 71.5 Å². The van der Waals surface area contributed by atoms with Crippen molar-refractivity contribution in [3.8, 4) is 11.5 Å². The van der Waals surface area contributed by atoms with Crippen LogP contribution in [0.25, 0.3) is 10.9 Å². The molecule has 2 aliphatic rings. The SMILES string of the molecule is O=C(Cn1c(=O)c2ccccc2n(CCN2CCOCC2)c1=O)O[C@@H](Cc1c(Cl)c[nH+]cc1Cl)c1ccc(OC(F)F)c(OCC2CC2)c1.[OH-]. The normalized spacial score (nSPS) is 15.5. The fourth-order valence-electron chi connectivity index (χ4n) is 5.73. The van der Waals surface area contributed by atoms with Crippen LogP contribution in [0.15, 0.2) is 64.4 Å². The summed E-state index contributed by atoms with van der Waals surface area (Å²) in [5.74, 6) is -0.691. The minimum atomic E-state index is -3.08. The van der Waals surface area contributed by atoms with Crippen LogP contribution in [0, 0.1) is 5.92 Å². The van der Waals surface area contributed by atoms with E-state index in [-0.39, 0.29) is 45.4 Å². The Kier molecular flexibility index (Phi) is 12.5. The van der Waals surface area contributed by atoms with Gasteiger partial charge in [0.2, 0.25) is 0 Å². The average molecular weight is 738 g/mol. The number of hydrogen-bond donors (Lipinski definition) is 0. The molecular formula is C34H36Cl2F2N4O8. The maximum absolute atomic E-state index is 13.8.